The summed E-state index contributed by atoms with van der Waals surface area (Å²) in [5.74, 6) is 0.924. The predicted molar refractivity (Wildman–Crippen MR) is 84.3 cm³/mol. The third-order valence-electron chi connectivity index (χ3n) is 3.52. The Morgan fingerprint density at radius 3 is 2.86 bits per heavy atom. The molecule has 6 heteroatoms. The Morgan fingerprint density at radius 1 is 1.48 bits per heavy atom. The van der Waals surface area contributed by atoms with Crippen LogP contribution in [-0.4, -0.2) is 54.8 Å². The van der Waals surface area contributed by atoms with Gasteiger partial charge >= 0.3 is 0 Å². The summed E-state index contributed by atoms with van der Waals surface area (Å²) in [5, 5.41) is 13.2. The molecule has 0 aliphatic carbocycles. The van der Waals surface area contributed by atoms with Gasteiger partial charge in [-0.15, -0.1) is 0 Å². The standard InChI is InChI=1S/C15H21BrN2O3/c1-18-9-12(4-7-15(18)20)17-8-13(19)10-21-14-5-2-11(16)3-6-14/h2-3,5-6,12-13,17,19H,4,7-10H2,1H3. The largest absolute Gasteiger partial charge is 0.491 e. The van der Waals surface area contributed by atoms with E-state index < -0.39 is 6.10 Å². The highest BCUT2D eigenvalue weighted by molar-refractivity contribution is 9.10. The zero-order valence-electron chi connectivity index (χ0n) is 12.1. The van der Waals surface area contributed by atoms with Gasteiger partial charge in [-0.25, -0.2) is 0 Å². The number of likely N-dealkylation sites (N-methyl/N-ethyl adjacent to an activating group) is 1. The zero-order valence-corrected chi connectivity index (χ0v) is 13.7. The Hall–Kier alpha value is -1.11. The molecule has 2 atom stereocenters. The Bertz CT molecular complexity index is 466. The van der Waals surface area contributed by atoms with Crippen LogP contribution in [0.4, 0.5) is 0 Å². The summed E-state index contributed by atoms with van der Waals surface area (Å²) in [6.07, 6.45) is 0.819. The van der Waals surface area contributed by atoms with Crippen LogP contribution >= 0.6 is 15.9 Å². The Labute approximate surface area is 133 Å². The van der Waals surface area contributed by atoms with E-state index in [0.717, 1.165) is 16.6 Å². The van der Waals surface area contributed by atoms with E-state index >= 15 is 0 Å². The minimum atomic E-state index is -0.573. The second kappa shape index (κ2) is 7.77. The molecule has 116 valence electrons. The van der Waals surface area contributed by atoms with E-state index in [4.69, 9.17) is 4.74 Å². The molecule has 0 spiro atoms. The van der Waals surface area contributed by atoms with Crippen molar-refractivity contribution >= 4 is 21.8 Å². The van der Waals surface area contributed by atoms with Gasteiger partial charge in [0.25, 0.3) is 0 Å². The number of aliphatic hydroxyl groups excluding tert-OH is 1. The summed E-state index contributed by atoms with van der Waals surface area (Å²) < 4.78 is 6.52. The molecule has 1 fully saturated rings. The predicted octanol–water partition coefficient (Wildman–Crippen LogP) is 1.40. The van der Waals surface area contributed by atoms with E-state index in [1.165, 1.54) is 0 Å². The van der Waals surface area contributed by atoms with Crippen molar-refractivity contribution in [3.8, 4) is 5.75 Å². The van der Waals surface area contributed by atoms with Crippen molar-refractivity contribution in [1.82, 2.24) is 10.2 Å². The van der Waals surface area contributed by atoms with Crippen LogP contribution in [0.1, 0.15) is 12.8 Å². The number of rotatable bonds is 6. The molecule has 5 nitrogen and oxygen atoms in total. The highest BCUT2D eigenvalue weighted by Crippen LogP contribution is 2.16. The maximum absolute atomic E-state index is 11.4. The maximum atomic E-state index is 11.4. The molecule has 2 rings (SSSR count). The van der Waals surface area contributed by atoms with E-state index in [0.29, 0.717) is 19.5 Å². The van der Waals surface area contributed by atoms with Crippen molar-refractivity contribution in [3.05, 3.63) is 28.7 Å². The van der Waals surface area contributed by atoms with Crippen LogP contribution in [0.15, 0.2) is 28.7 Å². The van der Waals surface area contributed by atoms with Crippen LogP contribution in [0.25, 0.3) is 0 Å². The zero-order chi connectivity index (χ0) is 15.2. The first-order chi connectivity index (χ1) is 10.0. The summed E-state index contributed by atoms with van der Waals surface area (Å²) in [5.41, 5.74) is 0. The summed E-state index contributed by atoms with van der Waals surface area (Å²) in [7, 11) is 1.81. The number of nitrogens with zero attached hydrogens (tertiary/aromatic N) is 1. The Balaban J connectivity index is 1.66. The van der Waals surface area contributed by atoms with Gasteiger partial charge in [0.15, 0.2) is 0 Å². The third kappa shape index (κ3) is 5.30. The molecule has 1 heterocycles. The highest BCUT2D eigenvalue weighted by Gasteiger charge is 2.22. The second-order valence-electron chi connectivity index (χ2n) is 5.34. The van der Waals surface area contributed by atoms with Gasteiger partial charge in [-0.3, -0.25) is 4.79 Å². The minimum absolute atomic E-state index is 0.187. The van der Waals surface area contributed by atoms with E-state index in [1.807, 2.05) is 31.3 Å². The fraction of sp³-hybridized carbons (Fsp3) is 0.533. The first kappa shape index (κ1) is 16.3. The summed E-state index contributed by atoms with van der Waals surface area (Å²) in [4.78, 5) is 13.1. The van der Waals surface area contributed by atoms with Gasteiger partial charge in [0.2, 0.25) is 5.91 Å². The SMILES string of the molecule is CN1CC(NCC(O)COc2ccc(Br)cc2)CCC1=O. The lowest BCUT2D eigenvalue weighted by atomic mass is 10.1. The Kier molecular flexibility index (Phi) is 6.02. The fourth-order valence-electron chi connectivity index (χ4n) is 2.26. The molecule has 0 radical (unpaired) electrons. The summed E-state index contributed by atoms with van der Waals surface area (Å²) in [6.45, 7) is 1.40. The highest BCUT2D eigenvalue weighted by atomic mass is 79.9. The van der Waals surface area contributed by atoms with E-state index in [1.54, 1.807) is 4.90 Å². The summed E-state index contributed by atoms with van der Waals surface area (Å²) >= 11 is 3.36. The molecule has 21 heavy (non-hydrogen) atoms. The van der Waals surface area contributed by atoms with Crippen LogP contribution in [-0.2, 0) is 4.79 Å². The van der Waals surface area contributed by atoms with Crippen LogP contribution in [0, 0.1) is 0 Å². The minimum Gasteiger partial charge on any atom is -0.491 e. The van der Waals surface area contributed by atoms with E-state index in [-0.39, 0.29) is 18.6 Å². The number of benzene rings is 1. The third-order valence-corrected chi connectivity index (χ3v) is 4.05. The van der Waals surface area contributed by atoms with Gasteiger partial charge in [-0.2, -0.15) is 0 Å². The first-order valence-corrected chi connectivity index (χ1v) is 7.87. The van der Waals surface area contributed by atoms with Crippen LogP contribution in [0.3, 0.4) is 0 Å². The van der Waals surface area contributed by atoms with Crippen LogP contribution in [0.5, 0.6) is 5.75 Å². The lowest BCUT2D eigenvalue weighted by molar-refractivity contribution is -0.132. The quantitative estimate of drug-likeness (QED) is 0.808. The number of ether oxygens (including phenoxy) is 1. The first-order valence-electron chi connectivity index (χ1n) is 7.08. The van der Waals surface area contributed by atoms with Gasteiger partial charge in [0.05, 0.1) is 0 Å². The molecule has 1 aromatic rings. The number of carbonyl (C=O) groups is 1. The van der Waals surface area contributed by atoms with Crippen molar-refractivity contribution in [2.45, 2.75) is 25.0 Å². The fourth-order valence-corrected chi connectivity index (χ4v) is 2.53. The Morgan fingerprint density at radius 2 is 2.19 bits per heavy atom. The lowest BCUT2D eigenvalue weighted by Gasteiger charge is -2.30. The number of hydrogen-bond acceptors (Lipinski definition) is 4. The maximum Gasteiger partial charge on any atom is 0.222 e. The van der Waals surface area contributed by atoms with Crippen LogP contribution < -0.4 is 10.1 Å². The molecule has 1 aliphatic rings. The van der Waals surface area contributed by atoms with Crippen molar-refractivity contribution in [3.63, 3.8) is 0 Å². The number of carbonyl (C=O) groups excluding carboxylic acids is 1. The van der Waals surface area contributed by atoms with E-state index in [9.17, 15) is 9.90 Å². The number of piperidine rings is 1. The number of hydrogen-bond donors (Lipinski definition) is 2. The summed E-state index contributed by atoms with van der Waals surface area (Å²) in [6, 6.07) is 7.75. The molecule has 2 N–H and O–H groups in total. The van der Waals surface area contributed by atoms with Gasteiger partial charge in [-0.1, -0.05) is 15.9 Å². The van der Waals surface area contributed by atoms with Crippen molar-refractivity contribution < 1.29 is 14.6 Å². The molecule has 1 saturated heterocycles. The number of halogens is 1. The molecule has 1 amide bonds. The number of nitrogens with one attached hydrogen (secondary N) is 1. The topological polar surface area (TPSA) is 61.8 Å². The van der Waals surface area contributed by atoms with Crippen molar-refractivity contribution in [2.75, 3.05) is 26.7 Å². The molecule has 1 aliphatic heterocycles. The van der Waals surface area contributed by atoms with E-state index in [2.05, 4.69) is 21.2 Å². The average Bonchev–Trinajstić information content (AvgIpc) is 2.48. The van der Waals surface area contributed by atoms with Gasteiger partial charge < -0.3 is 20.1 Å². The molecule has 1 aromatic carbocycles. The smallest absolute Gasteiger partial charge is 0.222 e. The number of amides is 1. The van der Waals surface area contributed by atoms with Gasteiger partial charge in [0.1, 0.15) is 18.5 Å². The van der Waals surface area contributed by atoms with Crippen molar-refractivity contribution in [2.24, 2.45) is 0 Å². The molecular formula is C15H21BrN2O3. The average molecular weight is 357 g/mol. The molecular weight excluding hydrogens is 336 g/mol. The van der Waals surface area contributed by atoms with Gasteiger partial charge in [0, 0.05) is 37.1 Å². The number of aliphatic hydroxyl groups is 1. The number of likely N-dealkylation sites (tertiary alicyclic amines) is 1. The monoisotopic (exact) mass is 356 g/mol. The normalized spacial score (nSPS) is 20.4. The molecule has 0 saturated carbocycles. The van der Waals surface area contributed by atoms with Gasteiger partial charge in [-0.05, 0) is 30.7 Å². The molecule has 0 aromatic heterocycles. The molecule has 0 bridgehead atoms. The van der Waals surface area contributed by atoms with Crippen molar-refractivity contribution in [1.29, 1.82) is 0 Å². The molecule has 2 unspecified atom stereocenters. The lowest BCUT2D eigenvalue weighted by Crippen LogP contribution is -2.48. The second-order valence-corrected chi connectivity index (χ2v) is 6.25. The van der Waals surface area contributed by atoms with Crippen LogP contribution in [0.2, 0.25) is 0 Å².